The molecule has 0 N–H and O–H groups in total. The fraction of sp³-hybridized carbons (Fsp3) is 0.294. The molecule has 0 aliphatic carbocycles. The first-order valence-electron chi connectivity index (χ1n) is 6.59. The molecule has 1 atom stereocenters. The van der Waals surface area contributed by atoms with Crippen LogP contribution in [0.4, 0.5) is 0 Å². The van der Waals surface area contributed by atoms with Crippen LogP contribution in [0.5, 0.6) is 5.75 Å². The van der Waals surface area contributed by atoms with E-state index in [1.54, 1.807) is 7.11 Å². The number of hydrogen-bond donors (Lipinski definition) is 0. The fourth-order valence-electron chi connectivity index (χ4n) is 2.36. The Morgan fingerprint density at radius 3 is 2.65 bits per heavy atom. The Morgan fingerprint density at radius 2 is 2.00 bits per heavy atom. The molecule has 0 fully saturated rings. The van der Waals surface area contributed by atoms with Crippen molar-refractivity contribution >= 4 is 27.5 Å². The van der Waals surface area contributed by atoms with Crippen molar-refractivity contribution < 1.29 is 4.74 Å². The van der Waals surface area contributed by atoms with Gasteiger partial charge in [0, 0.05) is 10.4 Å². The van der Waals surface area contributed by atoms with Crippen LogP contribution in [-0.2, 0) is 6.42 Å². The molecule has 0 saturated heterocycles. The predicted molar refractivity (Wildman–Crippen MR) is 89.4 cm³/mol. The van der Waals surface area contributed by atoms with Crippen LogP contribution in [0.1, 0.15) is 22.6 Å². The zero-order valence-corrected chi connectivity index (χ0v) is 14.0. The summed E-state index contributed by atoms with van der Waals surface area (Å²) in [6.45, 7) is 2.12. The largest absolute Gasteiger partial charge is 0.496 e. The fourth-order valence-corrected chi connectivity index (χ4v) is 3.16. The molecule has 0 heterocycles. The van der Waals surface area contributed by atoms with Gasteiger partial charge in [-0.1, -0.05) is 57.4 Å². The third-order valence-electron chi connectivity index (χ3n) is 3.41. The van der Waals surface area contributed by atoms with Gasteiger partial charge in [0.25, 0.3) is 0 Å². The van der Waals surface area contributed by atoms with Crippen LogP contribution in [0.3, 0.4) is 0 Å². The van der Waals surface area contributed by atoms with Crippen molar-refractivity contribution in [3.8, 4) is 5.75 Å². The molecule has 3 heteroatoms. The highest BCUT2D eigenvalue weighted by Gasteiger charge is 2.14. The van der Waals surface area contributed by atoms with E-state index in [0.29, 0.717) is 5.92 Å². The van der Waals surface area contributed by atoms with Crippen molar-refractivity contribution in [3.63, 3.8) is 0 Å². The summed E-state index contributed by atoms with van der Waals surface area (Å²) < 4.78 is 5.43. The summed E-state index contributed by atoms with van der Waals surface area (Å²) in [7, 11) is 1.70. The first-order valence-corrected chi connectivity index (χ1v) is 8.09. The number of benzene rings is 2. The van der Waals surface area contributed by atoms with E-state index in [0.717, 1.165) is 28.1 Å². The number of aryl methyl sites for hydroxylation is 1. The first-order chi connectivity index (χ1) is 9.63. The Bertz CT molecular complexity index is 583. The molecule has 0 aromatic heterocycles. The van der Waals surface area contributed by atoms with Gasteiger partial charge in [0.15, 0.2) is 0 Å². The van der Waals surface area contributed by atoms with Gasteiger partial charge in [0.2, 0.25) is 0 Å². The lowest BCUT2D eigenvalue weighted by Crippen LogP contribution is -2.06. The Hall–Kier alpha value is -0.990. The second-order valence-electron chi connectivity index (χ2n) is 4.93. The van der Waals surface area contributed by atoms with Gasteiger partial charge in [0.05, 0.1) is 7.11 Å². The molecule has 0 bridgehead atoms. The lowest BCUT2D eigenvalue weighted by atomic mass is 9.92. The summed E-state index contributed by atoms with van der Waals surface area (Å²) in [5.41, 5.74) is 3.77. The number of hydrogen-bond acceptors (Lipinski definition) is 1. The van der Waals surface area contributed by atoms with E-state index in [2.05, 4.69) is 47.1 Å². The molecule has 0 spiro atoms. The van der Waals surface area contributed by atoms with Gasteiger partial charge in [-0.15, -0.1) is 0 Å². The van der Waals surface area contributed by atoms with Gasteiger partial charge >= 0.3 is 0 Å². The number of rotatable bonds is 5. The minimum atomic E-state index is 0.405. The molecule has 106 valence electrons. The van der Waals surface area contributed by atoms with E-state index in [1.165, 1.54) is 11.1 Å². The number of ether oxygens (including phenoxy) is 1. The van der Waals surface area contributed by atoms with Crippen LogP contribution in [0.2, 0.25) is 5.02 Å². The topological polar surface area (TPSA) is 9.23 Å². The maximum atomic E-state index is 6.10. The van der Waals surface area contributed by atoms with Crippen LogP contribution in [0.15, 0.2) is 42.5 Å². The molecule has 1 unspecified atom stereocenters. The van der Waals surface area contributed by atoms with Gasteiger partial charge in [0.1, 0.15) is 5.75 Å². The third-order valence-corrected chi connectivity index (χ3v) is 4.43. The minimum absolute atomic E-state index is 0.405. The van der Waals surface area contributed by atoms with Crippen molar-refractivity contribution in [2.75, 3.05) is 12.4 Å². The molecule has 0 amide bonds. The van der Waals surface area contributed by atoms with Crippen LogP contribution in [0, 0.1) is 6.92 Å². The molecule has 0 aliphatic heterocycles. The highest BCUT2D eigenvalue weighted by molar-refractivity contribution is 9.09. The lowest BCUT2D eigenvalue weighted by molar-refractivity contribution is 0.408. The van der Waals surface area contributed by atoms with Crippen LogP contribution in [0.25, 0.3) is 0 Å². The summed E-state index contributed by atoms with van der Waals surface area (Å²) >= 11 is 9.73. The molecule has 20 heavy (non-hydrogen) atoms. The number of alkyl halides is 1. The predicted octanol–water partition coefficient (Wildman–Crippen LogP) is 5.38. The number of methoxy groups -OCH3 is 1. The van der Waals surface area contributed by atoms with E-state index in [4.69, 9.17) is 16.3 Å². The molecule has 2 aromatic carbocycles. The van der Waals surface area contributed by atoms with Crippen molar-refractivity contribution in [2.24, 2.45) is 0 Å². The highest BCUT2D eigenvalue weighted by Crippen LogP contribution is 2.30. The monoisotopic (exact) mass is 352 g/mol. The second-order valence-corrected chi connectivity index (χ2v) is 6.01. The van der Waals surface area contributed by atoms with Crippen LogP contribution >= 0.6 is 27.5 Å². The summed E-state index contributed by atoms with van der Waals surface area (Å²) in [4.78, 5) is 0. The number of halogens is 2. The Kier molecular flexibility index (Phi) is 5.50. The van der Waals surface area contributed by atoms with Gasteiger partial charge in [-0.3, -0.25) is 0 Å². The molecular formula is C17H18BrClO. The SMILES string of the molecule is COc1ccc(Cl)cc1CC(CBr)c1cccc(C)c1. The summed E-state index contributed by atoms with van der Waals surface area (Å²) in [5.74, 6) is 1.30. The quantitative estimate of drug-likeness (QED) is 0.656. The van der Waals surface area contributed by atoms with Crippen LogP contribution in [-0.4, -0.2) is 12.4 Å². The Balaban J connectivity index is 2.28. The van der Waals surface area contributed by atoms with Crippen LogP contribution < -0.4 is 4.74 Å². The molecule has 2 rings (SSSR count). The summed E-state index contributed by atoms with van der Waals surface area (Å²) in [6, 6.07) is 14.4. The van der Waals surface area contributed by atoms with E-state index in [9.17, 15) is 0 Å². The molecule has 0 radical (unpaired) electrons. The summed E-state index contributed by atoms with van der Waals surface area (Å²) in [6.07, 6.45) is 0.901. The van der Waals surface area contributed by atoms with Crippen molar-refractivity contribution in [3.05, 3.63) is 64.2 Å². The van der Waals surface area contributed by atoms with E-state index in [1.807, 2.05) is 18.2 Å². The highest BCUT2D eigenvalue weighted by atomic mass is 79.9. The Labute approximate surface area is 134 Å². The van der Waals surface area contributed by atoms with Gasteiger partial charge in [-0.05, 0) is 48.6 Å². The molecule has 0 saturated carbocycles. The Morgan fingerprint density at radius 1 is 1.20 bits per heavy atom. The molecule has 0 aliphatic rings. The molecular weight excluding hydrogens is 336 g/mol. The first kappa shape index (κ1) is 15.4. The van der Waals surface area contributed by atoms with Gasteiger partial charge in [-0.2, -0.15) is 0 Å². The zero-order chi connectivity index (χ0) is 14.5. The third kappa shape index (κ3) is 3.77. The normalized spacial score (nSPS) is 12.2. The second kappa shape index (κ2) is 7.14. The molecule has 2 aromatic rings. The summed E-state index contributed by atoms with van der Waals surface area (Å²) in [5, 5.41) is 1.66. The van der Waals surface area contributed by atoms with Crippen molar-refractivity contribution in [1.29, 1.82) is 0 Å². The average Bonchev–Trinajstić information content (AvgIpc) is 2.45. The maximum absolute atomic E-state index is 6.10. The maximum Gasteiger partial charge on any atom is 0.122 e. The standard InChI is InChI=1S/C17H18BrClO/c1-12-4-3-5-13(8-12)15(11-18)9-14-10-16(19)6-7-17(14)20-2/h3-8,10,15H,9,11H2,1-2H3. The van der Waals surface area contributed by atoms with Crippen molar-refractivity contribution in [1.82, 2.24) is 0 Å². The van der Waals surface area contributed by atoms with E-state index >= 15 is 0 Å². The molecule has 1 nitrogen and oxygen atoms in total. The van der Waals surface area contributed by atoms with Gasteiger partial charge < -0.3 is 4.74 Å². The minimum Gasteiger partial charge on any atom is -0.496 e. The zero-order valence-electron chi connectivity index (χ0n) is 11.7. The van der Waals surface area contributed by atoms with Crippen molar-refractivity contribution in [2.45, 2.75) is 19.3 Å². The lowest BCUT2D eigenvalue weighted by Gasteiger charge is -2.17. The van der Waals surface area contributed by atoms with Gasteiger partial charge in [-0.25, -0.2) is 0 Å². The van der Waals surface area contributed by atoms with E-state index < -0.39 is 0 Å². The smallest absolute Gasteiger partial charge is 0.122 e. The average molecular weight is 354 g/mol. The van der Waals surface area contributed by atoms with E-state index in [-0.39, 0.29) is 0 Å².